The molecule has 0 saturated heterocycles. The molecule has 0 spiro atoms. The van der Waals surface area contributed by atoms with E-state index in [2.05, 4.69) is 56.0 Å². The minimum atomic E-state index is 0.114. The van der Waals surface area contributed by atoms with Gasteiger partial charge in [0, 0.05) is 5.56 Å². The molecular weight excluding hydrogens is 292 g/mol. The van der Waals surface area contributed by atoms with Gasteiger partial charge in [-0.25, -0.2) is 4.98 Å². The van der Waals surface area contributed by atoms with E-state index in [1.54, 1.807) is 4.52 Å². The molecule has 0 saturated carbocycles. The van der Waals surface area contributed by atoms with Crippen LogP contribution in [-0.2, 0) is 11.8 Å². The van der Waals surface area contributed by atoms with Crippen molar-refractivity contribution in [1.82, 2.24) is 14.6 Å². The standard InChI is InChI=1S/C17H18N4S/c1-5-14-20-21-13(10-18)15(19-16(21)22-14)11-6-8-12(9-7-11)17(2,3)4/h6-9H,5H2,1-4H3. The van der Waals surface area contributed by atoms with E-state index in [1.165, 1.54) is 16.9 Å². The van der Waals surface area contributed by atoms with E-state index < -0.39 is 0 Å². The normalized spacial score (nSPS) is 11.8. The molecule has 22 heavy (non-hydrogen) atoms. The number of rotatable bonds is 2. The molecule has 3 rings (SSSR count). The highest BCUT2D eigenvalue weighted by Crippen LogP contribution is 2.29. The molecule has 0 radical (unpaired) electrons. The van der Waals surface area contributed by atoms with Crippen molar-refractivity contribution < 1.29 is 0 Å². The van der Waals surface area contributed by atoms with Gasteiger partial charge in [0.05, 0.1) is 0 Å². The molecule has 3 aromatic rings. The Bertz CT molecular complexity index is 857. The van der Waals surface area contributed by atoms with Gasteiger partial charge in [0.25, 0.3) is 0 Å². The van der Waals surface area contributed by atoms with Crippen molar-refractivity contribution in [2.24, 2.45) is 0 Å². The first-order valence-electron chi connectivity index (χ1n) is 7.33. The maximum absolute atomic E-state index is 9.49. The van der Waals surface area contributed by atoms with E-state index in [0.717, 1.165) is 22.0 Å². The first kappa shape index (κ1) is 14.7. The number of hydrogen-bond acceptors (Lipinski definition) is 4. The van der Waals surface area contributed by atoms with Crippen LogP contribution in [-0.4, -0.2) is 14.6 Å². The quantitative estimate of drug-likeness (QED) is 0.713. The first-order chi connectivity index (χ1) is 10.4. The Morgan fingerprint density at radius 1 is 1.23 bits per heavy atom. The Labute approximate surface area is 134 Å². The Morgan fingerprint density at radius 2 is 1.91 bits per heavy atom. The fourth-order valence-electron chi connectivity index (χ4n) is 2.36. The largest absolute Gasteiger partial charge is 0.216 e. The topological polar surface area (TPSA) is 54.0 Å². The van der Waals surface area contributed by atoms with Crippen LogP contribution in [0.1, 0.15) is 44.0 Å². The smallest absolute Gasteiger partial charge is 0.214 e. The zero-order valence-corrected chi connectivity index (χ0v) is 14.0. The molecule has 0 fully saturated rings. The number of nitrogens with zero attached hydrogens (tertiary/aromatic N) is 4. The molecular formula is C17H18N4S. The summed E-state index contributed by atoms with van der Waals surface area (Å²) in [5, 5.41) is 14.9. The minimum absolute atomic E-state index is 0.114. The lowest BCUT2D eigenvalue weighted by atomic mass is 9.86. The second-order valence-corrected chi connectivity index (χ2v) is 7.33. The van der Waals surface area contributed by atoms with Gasteiger partial charge in [-0.15, -0.1) is 0 Å². The molecule has 4 nitrogen and oxygen atoms in total. The number of hydrogen-bond donors (Lipinski definition) is 0. The molecule has 0 amide bonds. The molecule has 0 N–H and O–H groups in total. The van der Waals surface area contributed by atoms with Crippen molar-refractivity contribution >= 4 is 16.3 Å². The third-order valence-corrected chi connectivity index (χ3v) is 4.73. The molecule has 0 bridgehead atoms. The molecule has 0 aliphatic heterocycles. The summed E-state index contributed by atoms with van der Waals surface area (Å²) in [6.45, 7) is 8.61. The van der Waals surface area contributed by atoms with Crippen molar-refractivity contribution in [3.05, 3.63) is 40.5 Å². The van der Waals surface area contributed by atoms with Crippen molar-refractivity contribution in [2.45, 2.75) is 39.5 Å². The van der Waals surface area contributed by atoms with E-state index >= 15 is 0 Å². The van der Waals surface area contributed by atoms with E-state index in [1.807, 2.05) is 12.1 Å². The van der Waals surface area contributed by atoms with Gasteiger partial charge in [0.2, 0.25) is 4.96 Å². The molecule has 0 atom stereocenters. The van der Waals surface area contributed by atoms with Gasteiger partial charge in [-0.3, -0.25) is 0 Å². The molecule has 0 unspecified atom stereocenters. The van der Waals surface area contributed by atoms with Gasteiger partial charge in [-0.05, 0) is 17.4 Å². The Kier molecular flexibility index (Phi) is 3.50. The average Bonchev–Trinajstić information content (AvgIpc) is 3.03. The monoisotopic (exact) mass is 310 g/mol. The van der Waals surface area contributed by atoms with Gasteiger partial charge in [-0.1, -0.05) is 63.3 Å². The zero-order valence-electron chi connectivity index (χ0n) is 13.2. The zero-order chi connectivity index (χ0) is 15.9. The molecule has 112 valence electrons. The number of imidazole rings is 1. The highest BCUT2D eigenvalue weighted by Gasteiger charge is 2.18. The fraction of sp³-hybridized carbons (Fsp3) is 0.353. The first-order valence-corrected chi connectivity index (χ1v) is 8.15. The summed E-state index contributed by atoms with van der Waals surface area (Å²) >= 11 is 1.54. The fourth-order valence-corrected chi connectivity index (χ4v) is 3.19. The lowest BCUT2D eigenvalue weighted by molar-refractivity contribution is 0.590. The van der Waals surface area contributed by atoms with Crippen LogP contribution in [0, 0.1) is 11.3 Å². The van der Waals surface area contributed by atoms with Crippen molar-refractivity contribution in [2.75, 3.05) is 0 Å². The van der Waals surface area contributed by atoms with Crippen molar-refractivity contribution in [3.8, 4) is 17.3 Å². The van der Waals surface area contributed by atoms with Crippen LogP contribution in [0.3, 0.4) is 0 Å². The maximum Gasteiger partial charge on any atom is 0.214 e. The van der Waals surface area contributed by atoms with Gasteiger partial charge < -0.3 is 0 Å². The third-order valence-electron chi connectivity index (χ3n) is 3.68. The maximum atomic E-state index is 9.49. The van der Waals surface area contributed by atoms with Crippen LogP contribution in [0.2, 0.25) is 0 Å². The van der Waals surface area contributed by atoms with Crippen LogP contribution in [0.25, 0.3) is 16.2 Å². The summed E-state index contributed by atoms with van der Waals surface area (Å²) in [5.74, 6) is 0. The second kappa shape index (κ2) is 5.22. The van der Waals surface area contributed by atoms with Gasteiger partial charge >= 0.3 is 0 Å². The summed E-state index contributed by atoms with van der Waals surface area (Å²) in [5.41, 5.74) is 3.56. The Balaban J connectivity index is 2.10. The summed E-state index contributed by atoms with van der Waals surface area (Å²) in [6, 6.07) is 10.5. The third kappa shape index (κ3) is 2.40. The summed E-state index contributed by atoms with van der Waals surface area (Å²) in [7, 11) is 0. The van der Waals surface area contributed by atoms with Crippen LogP contribution >= 0.6 is 11.3 Å². The van der Waals surface area contributed by atoms with E-state index in [0.29, 0.717) is 11.4 Å². The lowest BCUT2D eigenvalue weighted by Crippen LogP contribution is -2.10. The van der Waals surface area contributed by atoms with Crippen LogP contribution in [0.15, 0.2) is 24.3 Å². The lowest BCUT2D eigenvalue weighted by Gasteiger charge is -2.18. The SMILES string of the molecule is CCc1nn2c(C#N)c(-c3ccc(C(C)(C)C)cc3)nc2s1. The van der Waals surface area contributed by atoms with Gasteiger partial charge in [0.1, 0.15) is 16.8 Å². The number of aromatic nitrogens is 3. The highest BCUT2D eigenvalue weighted by atomic mass is 32.1. The molecule has 1 aromatic carbocycles. The van der Waals surface area contributed by atoms with Crippen molar-refractivity contribution in [1.29, 1.82) is 5.26 Å². The summed E-state index contributed by atoms with van der Waals surface area (Å²) < 4.78 is 1.66. The molecule has 2 heterocycles. The molecule has 2 aromatic heterocycles. The summed E-state index contributed by atoms with van der Waals surface area (Å²) in [6.07, 6.45) is 0.856. The minimum Gasteiger partial charge on any atom is -0.216 e. The van der Waals surface area contributed by atoms with E-state index in [9.17, 15) is 5.26 Å². The Morgan fingerprint density at radius 3 is 2.45 bits per heavy atom. The predicted octanol–water partition coefficient (Wildman–Crippen LogP) is 4.19. The number of aryl methyl sites for hydroxylation is 1. The Hall–Kier alpha value is -2.19. The van der Waals surface area contributed by atoms with Crippen LogP contribution in [0.5, 0.6) is 0 Å². The van der Waals surface area contributed by atoms with E-state index in [4.69, 9.17) is 0 Å². The number of fused-ring (bicyclic) bond motifs is 1. The molecule has 0 aliphatic carbocycles. The summed E-state index contributed by atoms with van der Waals surface area (Å²) in [4.78, 5) is 5.39. The second-order valence-electron chi connectivity index (χ2n) is 6.29. The van der Waals surface area contributed by atoms with Gasteiger partial charge in [0.15, 0.2) is 5.69 Å². The molecule has 5 heteroatoms. The molecule has 0 aliphatic rings. The van der Waals surface area contributed by atoms with Crippen LogP contribution in [0.4, 0.5) is 0 Å². The number of nitriles is 1. The predicted molar refractivity (Wildman–Crippen MR) is 89.1 cm³/mol. The highest BCUT2D eigenvalue weighted by molar-refractivity contribution is 7.16. The van der Waals surface area contributed by atoms with Crippen LogP contribution < -0.4 is 0 Å². The van der Waals surface area contributed by atoms with Crippen molar-refractivity contribution in [3.63, 3.8) is 0 Å². The van der Waals surface area contributed by atoms with E-state index in [-0.39, 0.29) is 5.41 Å². The average molecular weight is 310 g/mol. The number of benzene rings is 1. The van der Waals surface area contributed by atoms with Gasteiger partial charge in [-0.2, -0.15) is 14.9 Å².